The number of benzene rings is 2. The highest BCUT2D eigenvalue weighted by Crippen LogP contribution is 2.39. The predicted molar refractivity (Wildman–Crippen MR) is 105 cm³/mol. The molecule has 2 atom stereocenters. The fraction of sp³-hybridized carbons (Fsp3) is 0.381. The van der Waals surface area contributed by atoms with Gasteiger partial charge in [-0.05, 0) is 48.7 Å². The molecule has 2 aromatic carbocycles. The lowest BCUT2D eigenvalue weighted by atomic mass is 9.91. The van der Waals surface area contributed by atoms with Crippen LogP contribution in [0.5, 0.6) is 11.5 Å². The summed E-state index contributed by atoms with van der Waals surface area (Å²) in [6.07, 6.45) is 1.54. The second-order valence-electron chi connectivity index (χ2n) is 6.71. The molecule has 2 unspecified atom stereocenters. The number of nitrogens with zero attached hydrogens (tertiary/aromatic N) is 1. The zero-order valence-electron chi connectivity index (χ0n) is 15.5. The SMILES string of the molecule is COc1ccc(C(c2ccccc2Cl)N2CCCC(C(=O)O)C2)cc1OC. The highest BCUT2D eigenvalue weighted by Gasteiger charge is 2.32. The minimum Gasteiger partial charge on any atom is -0.493 e. The molecule has 6 heteroatoms. The van der Waals surface area contributed by atoms with E-state index in [9.17, 15) is 9.90 Å². The van der Waals surface area contributed by atoms with Crippen molar-refractivity contribution in [3.8, 4) is 11.5 Å². The number of ether oxygens (including phenoxy) is 2. The van der Waals surface area contributed by atoms with E-state index < -0.39 is 5.97 Å². The van der Waals surface area contributed by atoms with Gasteiger partial charge in [-0.25, -0.2) is 0 Å². The zero-order chi connectivity index (χ0) is 19.4. The number of piperidine rings is 1. The van der Waals surface area contributed by atoms with Crippen molar-refractivity contribution in [2.24, 2.45) is 5.92 Å². The van der Waals surface area contributed by atoms with E-state index in [2.05, 4.69) is 4.90 Å². The summed E-state index contributed by atoms with van der Waals surface area (Å²) in [5, 5.41) is 10.2. The van der Waals surface area contributed by atoms with Gasteiger partial charge in [0.15, 0.2) is 11.5 Å². The highest BCUT2D eigenvalue weighted by molar-refractivity contribution is 6.31. The fourth-order valence-electron chi connectivity index (χ4n) is 3.75. The fourth-order valence-corrected chi connectivity index (χ4v) is 3.99. The smallest absolute Gasteiger partial charge is 0.307 e. The predicted octanol–water partition coefficient (Wildman–Crippen LogP) is 4.24. The maximum atomic E-state index is 11.6. The molecule has 1 aliphatic heterocycles. The number of carboxylic acids is 1. The van der Waals surface area contributed by atoms with Crippen LogP contribution in [0.15, 0.2) is 42.5 Å². The highest BCUT2D eigenvalue weighted by atomic mass is 35.5. The number of likely N-dealkylation sites (tertiary alicyclic amines) is 1. The van der Waals surface area contributed by atoms with Crippen molar-refractivity contribution in [1.82, 2.24) is 4.90 Å². The van der Waals surface area contributed by atoms with E-state index in [1.807, 2.05) is 42.5 Å². The Labute approximate surface area is 164 Å². The van der Waals surface area contributed by atoms with E-state index in [0.717, 1.165) is 24.1 Å². The van der Waals surface area contributed by atoms with Gasteiger partial charge in [0, 0.05) is 11.6 Å². The first-order chi connectivity index (χ1) is 13.0. The zero-order valence-corrected chi connectivity index (χ0v) is 16.3. The molecule has 144 valence electrons. The van der Waals surface area contributed by atoms with E-state index in [-0.39, 0.29) is 12.0 Å². The maximum Gasteiger partial charge on any atom is 0.307 e. The van der Waals surface area contributed by atoms with Crippen LogP contribution in [0.4, 0.5) is 0 Å². The Hall–Kier alpha value is -2.24. The largest absolute Gasteiger partial charge is 0.493 e. The summed E-state index contributed by atoms with van der Waals surface area (Å²) in [5.74, 6) is 0.175. The molecule has 0 aliphatic carbocycles. The minimum absolute atomic E-state index is 0.152. The topological polar surface area (TPSA) is 59.0 Å². The number of carboxylic acid groups (broad SMARTS) is 1. The molecule has 1 heterocycles. The number of methoxy groups -OCH3 is 2. The van der Waals surface area contributed by atoms with E-state index in [1.165, 1.54) is 0 Å². The molecule has 0 amide bonds. The van der Waals surface area contributed by atoms with Crippen LogP contribution in [0.1, 0.15) is 30.0 Å². The summed E-state index contributed by atoms with van der Waals surface area (Å²) in [5.41, 5.74) is 1.95. The number of carbonyl (C=O) groups is 1. The molecule has 0 saturated carbocycles. The molecule has 2 aromatic rings. The van der Waals surface area contributed by atoms with E-state index in [1.54, 1.807) is 14.2 Å². The van der Waals surface area contributed by atoms with Crippen molar-refractivity contribution in [2.45, 2.75) is 18.9 Å². The maximum absolute atomic E-state index is 11.6. The van der Waals surface area contributed by atoms with Crippen LogP contribution in [-0.4, -0.2) is 43.3 Å². The number of hydrogen-bond donors (Lipinski definition) is 1. The summed E-state index contributed by atoms with van der Waals surface area (Å²) in [4.78, 5) is 13.8. The van der Waals surface area contributed by atoms with Gasteiger partial charge in [-0.15, -0.1) is 0 Å². The summed E-state index contributed by atoms with van der Waals surface area (Å²) in [7, 11) is 3.21. The second kappa shape index (κ2) is 8.63. The van der Waals surface area contributed by atoms with Gasteiger partial charge >= 0.3 is 5.97 Å². The van der Waals surface area contributed by atoms with Crippen LogP contribution < -0.4 is 9.47 Å². The lowest BCUT2D eigenvalue weighted by molar-refractivity contribution is -0.143. The van der Waals surface area contributed by atoms with E-state index in [4.69, 9.17) is 21.1 Å². The van der Waals surface area contributed by atoms with Crippen molar-refractivity contribution in [3.63, 3.8) is 0 Å². The average molecular weight is 390 g/mol. The molecule has 0 bridgehead atoms. The summed E-state index contributed by atoms with van der Waals surface area (Å²) < 4.78 is 10.8. The minimum atomic E-state index is -0.745. The first-order valence-electron chi connectivity index (χ1n) is 8.98. The normalized spacial score (nSPS) is 18.7. The van der Waals surface area contributed by atoms with Crippen LogP contribution in [0.25, 0.3) is 0 Å². The monoisotopic (exact) mass is 389 g/mol. The summed E-state index contributed by atoms with van der Waals surface area (Å²) in [6, 6.07) is 13.4. The van der Waals surface area contributed by atoms with E-state index >= 15 is 0 Å². The molecule has 0 radical (unpaired) electrons. The summed E-state index contributed by atoms with van der Waals surface area (Å²) in [6.45, 7) is 1.30. The Morgan fingerprint density at radius 2 is 1.93 bits per heavy atom. The lowest BCUT2D eigenvalue weighted by Gasteiger charge is -2.38. The van der Waals surface area contributed by atoms with Gasteiger partial charge in [0.05, 0.1) is 26.2 Å². The van der Waals surface area contributed by atoms with Gasteiger partial charge in [0.1, 0.15) is 0 Å². The molecule has 1 fully saturated rings. The molecular weight excluding hydrogens is 366 g/mol. The van der Waals surface area contributed by atoms with Crippen molar-refractivity contribution in [3.05, 3.63) is 58.6 Å². The third kappa shape index (κ3) is 4.20. The number of hydrogen-bond acceptors (Lipinski definition) is 4. The molecule has 1 saturated heterocycles. The van der Waals surface area contributed by atoms with Crippen LogP contribution in [0, 0.1) is 5.92 Å². The first-order valence-corrected chi connectivity index (χ1v) is 9.36. The van der Waals surface area contributed by atoms with Gasteiger partial charge in [0.25, 0.3) is 0 Å². The molecule has 27 heavy (non-hydrogen) atoms. The molecule has 0 aromatic heterocycles. The van der Waals surface area contributed by atoms with Crippen molar-refractivity contribution >= 4 is 17.6 Å². The molecule has 0 spiro atoms. The number of aliphatic carboxylic acids is 1. The Morgan fingerprint density at radius 3 is 2.59 bits per heavy atom. The molecule has 3 rings (SSSR count). The van der Waals surface area contributed by atoms with Gasteiger partial charge in [-0.1, -0.05) is 35.9 Å². The lowest BCUT2D eigenvalue weighted by Crippen LogP contribution is -2.41. The van der Waals surface area contributed by atoms with Crippen LogP contribution in [0.2, 0.25) is 5.02 Å². The second-order valence-corrected chi connectivity index (χ2v) is 7.12. The Kier molecular flexibility index (Phi) is 6.24. The Bertz CT molecular complexity index is 811. The van der Waals surface area contributed by atoms with Gasteiger partial charge < -0.3 is 14.6 Å². The van der Waals surface area contributed by atoms with Gasteiger partial charge in [-0.2, -0.15) is 0 Å². The third-order valence-corrected chi connectivity index (χ3v) is 5.43. The Morgan fingerprint density at radius 1 is 1.19 bits per heavy atom. The third-order valence-electron chi connectivity index (χ3n) is 5.09. The average Bonchev–Trinajstić information content (AvgIpc) is 2.69. The number of rotatable bonds is 6. The molecule has 1 aliphatic rings. The first kappa shape index (κ1) is 19.5. The standard InChI is InChI=1S/C21H24ClNO4/c1-26-18-10-9-14(12-19(18)27-2)20(16-7-3-4-8-17(16)22)23-11-5-6-15(13-23)21(24)25/h3-4,7-10,12,15,20H,5-6,11,13H2,1-2H3,(H,24,25). The van der Waals surface area contributed by atoms with Crippen LogP contribution in [0.3, 0.4) is 0 Å². The Balaban J connectivity index is 2.06. The quantitative estimate of drug-likeness (QED) is 0.800. The van der Waals surface area contributed by atoms with Crippen LogP contribution >= 0.6 is 11.6 Å². The summed E-state index contributed by atoms with van der Waals surface area (Å²) >= 11 is 6.52. The molecule has 1 N–H and O–H groups in total. The van der Waals surface area contributed by atoms with Crippen molar-refractivity contribution < 1.29 is 19.4 Å². The number of halogens is 1. The molecule has 5 nitrogen and oxygen atoms in total. The molecular formula is C21H24ClNO4. The van der Waals surface area contributed by atoms with Crippen LogP contribution in [-0.2, 0) is 4.79 Å². The van der Waals surface area contributed by atoms with Gasteiger partial charge in [-0.3, -0.25) is 9.69 Å². The van der Waals surface area contributed by atoms with Gasteiger partial charge in [0.2, 0.25) is 0 Å². The van der Waals surface area contributed by atoms with Crippen molar-refractivity contribution in [1.29, 1.82) is 0 Å². The van der Waals surface area contributed by atoms with Crippen molar-refractivity contribution in [2.75, 3.05) is 27.3 Å². The van der Waals surface area contributed by atoms with E-state index in [0.29, 0.717) is 29.5 Å².